The molecule has 94 valence electrons. The van der Waals surface area contributed by atoms with Crippen LogP contribution in [0.3, 0.4) is 0 Å². The Hall–Kier alpha value is -1.09. The van der Waals surface area contributed by atoms with Crippen LogP contribution in [0.2, 0.25) is 10.0 Å². The number of hydrogen-bond acceptors (Lipinski definition) is 2. The first-order valence-corrected chi connectivity index (χ1v) is 6.58. The lowest BCUT2D eigenvalue weighted by Crippen LogP contribution is -2.23. The molecule has 0 saturated heterocycles. The highest BCUT2D eigenvalue weighted by molar-refractivity contribution is 6.42. The number of rotatable bonds is 4. The molecular formula is C14H14Cl2N2. The highest BCUT2D eigenvalue weighted by Crippen LogP contribution is 2.32. The monoisotopic (exact) mass is 280 g/mol. The fraction of sp³-hybridized carbons (Fsp3) is 0.214. The van der Waals surface area contributed by atoms with Gasteiger partial charge in [0, 0.05) is 6.20 Å². The molecule has 0 radical (unpaired) electrons. The largest absolute Gasteiger partial charge is 0.305 e. The molecule has 1 aromatic carbocycles. The Balaban J connectivity index is 2.45. The molecule has 4 heteroatoms. The van der Waals surface area contributed by atoms with E-state index in [2.05, 4.69) is 10.3 Å². The van der Waals surface area contributed by atoms with Crippen molar-refractivity contribution in [1.82, 2.24) is 10.3 Å². The molecule has 1 unspecified atom stereocenters. The second kappa shape index (κ2) is 6.19. The third kappa shape index (κ3) is 2.83. The van der Waals surface area contributed by atoms with Crippen molar-refractivity contribution in [2.24, 2.45) is 0 Å². The van der Waals surface area contributed by atoms with Crippen LogP contribution in [0.1, 0.15) is 24.2 Å². The minimum Gasteiger partial charge on any atom is -0.305 e. The third-order valence-electron chi connectivity index (χ3n) is 2.68. The van der Waals surface area contributed by atoms with E-state index in [1.807, 2.05) is 37.3 Å². The summed E-state index contributed by atoms with van der Waals surface area (Å²) in [7, 11) is 0. The fourth-order valence-corrected chi connectivity index (χ4v) is 2.29. The average Bonchev–Trinajstić information content (AvgIpc) is 2.41. The quantitative estimate of drug-likeness (QED) is 0.913. The van der Waals surface area contributed by atoms with Crippen molar-refractivity contribution in [2.45, 2.75) is 13.0 Å². The van der Waals surface area contributed by atoms with Gasteiger partial charge in [0.25, 0.3) is 0 Å². The first kappa shape index (κ1) is 13.3. The Labute approximate surface area is 117 Å². The van der Waals surface area contributed by atoms with Crippen molar-refractivity contribution in [3.05, 3.63) is 63.9 Å². The lowest BCUT2D eigenvalue weighted by Gasteiger charge is -2.19. The van der Waals surface area contributed by atoms with E-state index in [0.717, 1.165) is 17.8 Å². The van der Waals surface area contributed by atoms with Gasteiger partial charge in [-0.2, -0.15) is 0 Å². The minimum atomic E-state index is -0.0394. The number of aromatic nitrogens is 1. The zero-order valence-electron chi connectivity index (χ0n) is 10.0. The van der Waals surface area contributed by atoms with Crippen molar-refractivity contribution in [1.29, 1.82) is 0 Å². The van der Waals surface area contributed by atoms with Crippen LogP contribution >= 0.6 is 23.2 Å². The molecule has 2 aromatic rings. The van der Waals surface area contributed by atoms with Gasteiger partial charge in [-0.25, -0.2) is 0 Å². The topological polar surface area (TPSA) is 24.9 Å². The average molecular weight is 281 g/mol. The zero-order valence-corrected chi connectivity index (χ0v) is 11.5. The van der Waals surface area contributed by atoms with Gasteiger partial charge in [-0.1, -0.05) is 48.3 Å². The highest BCUT2D eigenvalue weighted by atomic mass is 35.5. The van der Waals surface area contributed by atoms with Gasteiger partial charge >= 0.3 is 0 Å². The summed E-state index contributed by atoms with van der Waals surface area (Å²) in [5.41, 5.74) is 1.88. The SMILES string of the molecule is CCNC(c1ccccn1)c1cccc(Cl)c1Cl. The molecule has 0 aliphatic rings. The summed E-state index contributed by atoms with van der Waals surface area (Å²) in [6, 6.07) is 11.5. The lowest BCUT2D eigenvalue weighted by molar-refractivity contribution is 0.616. The molecule has 1 heterocycles. The Morgan fingerprint density at radius 1 is 1.17 bits per heavy atom. The number of nitrogens with zero attached hydrogens (tertiary/aromatic N) is 1. The molecule has 0 aliphatic heterocycles. The Morgan fingerprint density at radius 2 is 2.00 bits per heavy atom. The summed E-state index contributed by atoms with van der Waals surface area (Å²) < 4.78 is 0. The summed E-state index contributed by atoms with van der Waals surface area (Å²) in [6.45, 7) is 2.87. The maximum atomic E-state index is 6.27. The summed E-state index contributed by atoms with van der Waals surface area (Å²) in [5.74, 6) is 0. The number of halogens is 2. The lowest BCUT2D eigenvalue weighted by atomic mass is 10.0. The third-order valence-corrected chi connectivity index (χ3v) is 3.52. The molecule has 0 fully saturated rings. The fourth-order valence-electron chi connectivity index (χ4n) is 1.87. The van der Waals surface area contributed by atoms with E-state index in [1.165, 1.54) is 0 Å². The van der Waals surface area contributed by atoms with E-state index in [0.29, 0.717) is 10.0 Å². The van der Waals surface area contributed by atoms with Gasteiger partial charge in [-0.3, -0.25) is 4.98 Å². The van der Waals surface area contributed by atoms with Crippen LogP contribution in [0.5, 0.6) is 0 Å². The molecular weight excluding hydrogens is 267 g/mol. The normalized spacial score (nSPS) is 12.4. The maximum absolute atomic E-state index is 6.27. The first-order chi connectivity index (χ1) is 8.74. The Morgan fingerprint density at radius 3 is 2.67 bits per heavy atom. The number of pyridine rings is 1. The van der Waals surface area contributed by atoms with Crippen LogP contribution in [0, 0.1) is 0 Å². The molecule has 1 N–H and O–H groups in total. The number of nitrogens with one attached hydrogen (secondary N) is 1. The van der Waals surface area contributed by atoms with Crippen molar-refractivity contribution in [2.75, 3.05) is 6.54 Å². The smallest absolute Gasteiger partial charge is 0.0766 e. The van der Waals surface area contributed by atoms with E-state index in [1.54, 1.807) is 12.3 Å². The Kier molecular flexibility index (Phi) is 4.59. The summed E-state index contributed by atoms with van der Waals surface area (Å²) in [5, 5.41) is 4.52. The summed E-state index contributed by atoms with van der Waals surface area (Å²) in [4.78, 5) is 4.38. The highest BCUT2D eigenvalue weighted by Gasteiger charge is 2.18. The second-order valence-electron chi connectivity index (χ2n) is 3.89. The molecule has 2 rings (SSSR count). The molecule has 1 aromatic heterocycles. The van der Waals surface area contributed by atoms with Crippen LogP contribution in [0.25, 0.3) is 0 Å². The molecule has 0 bridgehead atoms. The first-order valence-electron chi connectivity index (χ1n) is 5.82. The van der Waals surface area contributed by atoms with Crippen LogP contribution in [-0.4, -0.2) is 11.5 Å². The number of hydrogen-bond donors (Lipinski definition) is 1. The van der Waals surface area contributed by atoms with E-state index in [9.17, 15) is 0 Å². The van der Waals surface area contributed by atoms with Crippen LogP contribution < -0.4 is 5.32 Å². The van der Waals surface area contributed by atoms with Crippen LogP contribution in [-0.2, 0) is 0 Å². The van der Waals surface area contributed by atoms with Gasteiger partial charge < -0.3 is 5.32 Å². The second-order valence-corrected chi connectivity index (χ2v) is 4.67. The minimum absolute atomic E-state index is 0.0394. The van der Waals surface area contributed by atoms with E-state index >= 15 is 0 Å². The van der Waals surface area contributed by atoms with Crippen molar-refractivity contribution >= 4 is 23.2 Å². The maximum Gasteiger partial charge on any atom is 0.0766 e. The van der Waals surface area contributed by atoms with Gasteiger partial charge in [0.05, 0.1) is 21.8 Å². The van der Waals surface area contributed by atoms with Gasteiger partial charge in [-0.05, 0) is 30.3 Å². The van der Waals surface area contributed by atoms with Gasteiger partial charge in [0.2, 0.25) is 0 Å². The number of benzene rings is 1. The zero-order chi connectivity index (χ0) is 13.0. The van der Waals surface area contributed by atoms with Crippen molar-refractivity contribution < 1.29 is 0 Å². The van der Waals surface area contributed by atoms with Crippen LogP contribution in [0.4, 0.5) is 0 Å². The molecule has 1 atom stereocenters. The summed E-state index contributed by atoms with van der Waals surface area (Å²) in [6.07, 6.45) is 1.78. The van der Waals surface area contributed by atoms with Gasteiger partial charge in [0.1, 0.15) is 0 Å². The molecule has 0 aliphatic carbocycles. The predicted molar refractivity (Wildman–Crippen MR) is 76.2 cm³/mol. The molecule has 18 heavy (non-hydrogen) atoms. The van der Waals surface area contributed by atoms with Crippen LogP contribution in [0.15, 0.2) is 42.6 Å². The Bertz CT molecular complexity index is 514. The van der Waals surface area contributed by atoms with Gasteiger partial charge in [-0.15, -0.1) is 0 Å². The van der Waals surface area contributed by atoms with Gasteiger partial charge in [0.15, 0.2) is 0 Å². The molecule has 0 saturated carbocycles. The molecule has 2 nitrogen and oxygen atoms in total. The predicted octanol–water partition coefficient (Wildman–Crippen LogP) is 4.09. The summed E-state index contributed by atoms with van der Waals surface area (Å²) >= 11 is 12.3. The van der Waals surface area contributed by atoms with Crippen molar-refractivity contribution in [3.63, 3.8) is 0 Å². The van der Waals surface area contributed by atoms with Crippen molar-refractivity contribution in [3.8, 4) is 0 Å². The van der Waals surface area contributed by atoms with E-state index in [-0.39, 0.29) is 6.04 Å². The van der Waals surface area contributed by atoms with E-state index in [4.69, 9.17) is 23.2 Å². The molecule has 0 spiro atoms. The van der Waals surface area contributed by atoms with E-state index < -0.39 is 0 Å². The molecule has 0 amide bonds. The standard InChI is InChI=1S/C14H14Cl2N2/c1-2-17-14(12-8-3-4-9-18-12)10-6-5-7-11(15)13(10)16/h3-9,14,17H,2H2,1H3.